The molecule has 2 rings (SSSR count). The molecular formula is C13H19ClN2OS. The van der Waals surface area contributed by atoms with Crippen molar-refractivity contribution in [1.29, 1.82) is 0 Å². The fourth-order valence-electron chi connectivity index (χ4n) is 2.25. The van der Waals surface area contributed by atoms with Gasteiger partial charge in [-0.25, -0.2) is 0 Å². The molecule has 1 aliphatic rings. The van der Waals surface area contributed by atoms with E-state index in [1.54, 1.807) is 12.1 Å². The third kappa shape index (κ3) is 3.46. The maximum Gasteiger partial charge on any atom is 0.261 e. The molecule has 0 unspecified atom stereocenters. The summed E-state index contributed by atoms with van der Waals surface area (Å²) in [5.41, 5.74) is 0. The van der Waals surface area contributed by atoms with Gasteiger partial charge in [-0.1, -0.05) is 11.6 Å². The molecule has 1 aromatic rings. The third-order valence-electron chi connectivity index (χ3n) is 3.39. The minimum absolute atomic E-state index is 0.00916. The smallest absolute Gasteiger partial charge is 0.261 e. The van der Waals surface area contributed by atoms with E-state index in [1.807, 2.05) is 0 Å². The number of hydrogen-bond donors (Lipinski definition) is 1. The van der Waals surface area contributed by atoms with Gasteiger partial charge in [0.05, 0.1) is 9.21 Å². The molecule has 1 saturated heterocycles. The lowest BCUT2D eigenvalue weighted by molar-refractivity contribution is 0.0904. The van der Waals surface area contributed by atoms with Crippen LogP contribution in [-0.4, -0.2) is 36.0 Å². The summed E-state index contributed by atoms with van der Waals surface area (Å²) in [5.74, 6) is 0.00916. The van der Waals surface area contributed by atoms with Crippen molar-refractivity contribution in [3.8, 4) is 0 Å². The van der Waals surface area contributed by atoms with E-state index in [4.69, 9.17) is 11.6 Å². The van der Waals surface area contributed by atoms with E-state index in [1.165, 1.54) is 11.3 Å². The Kier molecular flexibility index (Phi) is 4.65. The van der Waals surface area contributed by atoms with E-state index in [2.05, 4.69) is 24.1 Å². The van der Waals surface area contributed by atoms with Gasteiger partial charge in [0.15, 0.2) is 0 Å². The molecule has 0 aliphatic carbocycles. The lowest BCUT2D eigenvalue weighted by Gasteiger charge is -2.34. The molecular weight excluding hydrogens is 268 g/mol. The van der Waals surface area contributed by atoms with Gasteiger partial charge >= 0.3 is 0 Å². The molecule has 1 aliphatic heterocycles. The summed E-state index contributed by atoms with van der Waals surface area (Å²) in [7, 11) is 0. The molecule has 0 spiro atoms. The Morgan fingerprint density at radius 2 is 2.11 bits per heavy atom. The Morgan fingerprint density at radius 1 is 1.44 bits per heavy atom. The van der Waals surface area contributed by atoms with Gasteiger partial charge in [0.1, 0.15) is 0 Å². The van der Waals surface area contributed by atoms with Crippen LogP contribution in [-0.2, 0) is 0 Å². The number of nitrogens with zero attached hydrogens (tertiary/aromatic N) is 1. The summed E-state index contributed by atoms with van der Waals surface area (Å²) < 4.78 is 0.662. The normalized spacial score (nSPS) is 18.2. The maximum absolute atomic E-state index is 12.0. The summed E-state index contributed by atoms with van der Waals surface area (Å²) in [6.07, 6.45) is 2.06. The van der Waals surface area contributed by atoms with E-state index in [0.29, 0.717) is 21.3 Å². The molecule has 1 aromatic heterocycles. The van der Waals surface area contributed by atoms with E-state index in [9.17, 15) is 4.79 Å². The molecule has 0 bridgehead atoms. The van der Waals surface area contributed by atoms with Crippen LogP contribution in [0.2, 0.25) is 4.34 Å². The molecule has 3 nitrogen and oxygen atoms in total. The van der Waals surface area contributed by atoms with Gasteiger partial charge in [-0.15, -0.1) is 11.3 Å². The number of thiophene rings is 1. The predicted molar refractivity (Wildman–Crippen MR) is 76.5 cm³/mol. The molecule has 5 heteroatoms. The summed E-state index contributed by atoms with van der Waals surface area (Å²) in [6.45, 7) is 6.56. The van der Waals surface area contributed by atoms with Crippen molar-refractivity contribution in [2.24, 2.45) is 0 Å². The summed E-state index contributed by atoms with van der Waals surface area (Å²) in [5, 5.41) is 3.09. The van der Waals surface area contributed by atoms with Crippen LogP contribution in [0.5, 0.6) is 0 Å². The minimum Gasteiger partial charge on any atom is -0.349 e. The van der Waals surface area contributed by atoms with E-state index in [0.717, 1.165) is 25.9 Å². The summed E-state index contributed by atoms with van der Waals surface area (Å²) in [6, 6.07) is 4.44. The van der Waals surface area contributed by atoms with Crippen LogP contribution in [0.1, 0.15) is 36.4 Å². The van der Waals surface area contributed by atoms with Crippen molar-refractivity contribution in [3.63, 3.8) is 0 Å². The van der Waals surface area contributed by atoms with Gasteiger partial charge in [0.25, 0.3) is 5.91 Å². The van der Waals surface area contributed by atoms with Gasteiger partial charge in [0, 0.05) is 25.2 Å². The second-order valence-electron chi connectivity index (χ2n) is 4.98. The van der Waals surface area contributed by atoms with Gasteiger partial charge in [-0.2, -0.15) is 0 Å². The first kappa shape index (κ1) is 13.8. The van der Waals surface area contributed by atoms with Gasteiger partial charge in [-0.05, 0) is 38.8 Å². The van der Waals surface area contributed by atoms with Gasteiger partial charge < -0.3 is 10.2 Å². The van der Waals surface area contributed by atoms with Gasteiger partial charge in [0.2, 0.25) is 0 Å². The number of carbonyl (C=O) groups is 1. The number of likely N-dealkylation sites (tertiary alicyclic amines) is 1. The van der Waals surface area contributed by atoms with Crippen LogP contribution in [0, 0.1) is 0 Å². The first-order valence-electron chi connectivity index (χ1n) is 6.36. The number of carbonyl (C=O) groups excluding carboxylic acids is 1. The SMILES string of the molecule is CC(C)N1CCC(NC(=O)c2ccc(Cl)s2)CC1. The first-order valence-corrected chi connectivity index (χ1v) is 7.56. The molecule has 18 heavy (non-hydrogen) atoms. The largest absolute Gasteiger partial charge is 0.349 e. The zero-order chi connectivity index (χ0) is 13.1. The standard InChI is InChI=1S/C13H19ClN2OS/c1-9(2)16-7-5-10(6-8-16)15-13(17)11-3-4-12(14)18-11/h3-4,9-10H,5-8H2,1-2H3,(H,15,17). The number of piperidine rings is 1. The van der Waals surface area contributed by atoms with Crippen molar-refractivity contribution >= 4 is 28.8 Å². The fourth-order valence-corrected chi connectivity index (χ4v) is 3.20. The quantitative estimate of drug-likeness (QED) is 0.926. The molecule has 0 saturated carbocycles. The molecule has 1 N–H and O–H groups in total. The van der Waals surface area contributed by atoms with E-state index in [-0.39, 0.29) is 5.91 Å². The Balaban J connectivity index is 1.83. The van der Waals surface area contributed by atoms with Crippen LogP contribution >= 0.6 is 22.9 Å². The highest BCUT2D eigenvalue weighted by molar-refractivity contribution is 7.17. The molecule has 1 fully saturated rings. The molecule has 2 heterocycles. The van der Waals surface area contributed by atoms with Crippen molar-refractivity contribution in [2.75, 3.05) is 13.1 Å². The second kappa shape index (κ2) is 6.04. The van der Waals surface area contributed by atoms with E-state index < -0.39 is 0 Å². The Morgan fingerprint density at radius 3 is 2.61 bits per heavy atom. The van der Waals surface area contributed by atoms with Crippen LogP contribution in [0.4, 0.5) is 0 Å². The van der Waals surface area contributed by atoms with Crippen molar-refractivity contribution in [3.05, 3.63) is 21.3 Å². The zero-order valence-electron chi connectivity index (χ0n) is 10.8. The summed E-state index contributed by atoms with van der Waals surface area (Å²) >= 11 is 7.17. The number of halogens is 1. The fraction of sp³-hybridized carbons (Fsp3) is 0.615. The van der Waals surface area contributed by atoms with Crippen molar-refractivity contribution < 1.29 is 4.79 Å². The van der Waals surface area contributed by atoms with Crippen molar-refractivity contribution in [2.45, 2.75) is 38.8 Å². The number of nitrogens with one attached hydrogen (secondary N) is 1. The molecule has 100 valence electrons. The second-order valence-corrected chi connectivity index (χ2v) is 6.70. The number of hydrogen-bond acceptors (Lipinski definition) is 3. The predicted octanol–water partition coefficient (Wildman–Crippen LogP) is 3.00. The van der Waals surface area contributed by atoms with E-state index >= 15 is 0 Å². The maximum atomic E-state index is 12.0. The average molecular weight is 287 g/mol. The monoisotopic (exact) mass is 286 g/mol. The highest BCUT2D eigenvalue weighted by Crippen LogP contribution is 2.22. The van der Waals surface area contributed by atoms with Crippen LogP contribution in [0.3, 0.4) is 0 Å². The average Bonchev–Trinajstić information content (AvgIpc) is 2.76. The highest BCUT2D eigenvalue weighted by Gasteiger charge is 2.22. The Bertz CT molecular complexity index is 411. The number of amides is 1. The lowest BCUT2D eigenvalue weighted by Crippen LogP contribution is -2.46. The van der Waals surface area contributed by atoms with Crippen molar-refractivity contribution in [1.82, 2.24) is 10.2 Å². The van der Waals surface area contributed by atoms with Crippen LogP contribution in [0.25, 0.3) is 0 Å². The lowest BCUT2D eigenvalue weighted by atomic mass is 10.0. The van der Waals surface area contributed by atoms with Crippen LogP contribution < -0.4 is 5.32 Å². The molecule has 0 radical (unpaired) electrons. The minimum atomic E-state index is 0.00916. The Labute approximate surface area is 117 Å². The molecule has 0 atom stereocenters. The Hall–Kier alpha value is -0.580. The first-order chi connectivity index (χ1) is 8.56. The topological polar surface area (TPSA) is 32.3 Å². The number of rotatable bonds is 3. The van der Waals surface area contributed by atoms with Crippen LogP contribution in [0.15, 0.2) is 12.1 Å². The highest BCUT2D eigenvalue weighted by atomic mass is 35.5. The van der Waals surface area contributed by atoms with Gasteiger partial charge in [-0.3, -0.25) is 4.79 Å². The summed E-state index contributed by atoms with van der Waals surface area (Å²) in [4.78, 5) is 15.1. The zero-order valence-corrected chi connectivity index (χ0v) is 12.4. The molecule has 1 amide bonds. The third-order valence-corrected chi connectivity index (χ3v) is 4.62. The molecule has 0 aromatic carbocycles.